The molecule has 0 N–H and O–H groups in total. The normalized spacial score (nSPS) is 10.0. The fourth-order valence-electron chi connectivity index (χ4n) is 1.44. The van der Waals surface area contributed by atoms with Crippen molar-refractivity contribution in [3.8, 4) is 16.9 Å². The van der Waals surface area contributed by atoms with Gasteiger partial charge in [-0.25, -0.2) is 0 Å². The summed E-state index contributed by atoms with van der Waals surface area (Å²) in [4.78, 5) is 3.62. The van der Waals surface area contributed by atoms with Gasteiger partial charge in [-0.05, 0) is 30.2 Å². The molecule has 0 heterocycles. The third-order valence-corrected chi connectivity index (χ3v) is 2.33. The molecule has 0 aromatic heterocycles. The van der Waals surface area contributed by atoms with Crippen LogP contribution in [0.1, 0.15) is 5.56 Å². The van der Waals surface area contributed by atoms with Crippen LogP contribution >= 0.6 is 0 Å². The molecule has 0 amide bonds. The molecule has 0 bridgehead atoms. The summed E-state index contributed by atoms with van der Waals surface area (Å²) in [7, 11) is 0. The van der Waals surface area contributed by atoms with E-state index in [0.717, 1.165) is 11.1 Å². The highest BCUT2D eigenvalue weighted by Gasteiger charge is 1.98. The molecule has 2 aromatic carbocycles. The Morgan fingerprint density at radius 2 is 1.27 bits per heavy atom. The number of hydrogen-bond acceptors (Lipinski definition) is 1. The quantitative estimate of drug-likeness (QED) is 0.717. The van der Waals surface area contributed by atoms with E-state index < -0.39 is 0 Å². The molecule has 0 unspecified atom stereocenters. The van der Waals surface area contributed by atoms with Crippen molar-refractivity contribution in [2.45, 2.75) is 6.92 Å². The molecule has 2 aromatic rings. The standard InChI is InChI=1S/C13H11FO/c1-10-2-4-11(5-3-10)12-6-8-13(15-14)9-7-12/h2-9H,1H3. The van der Waals surface area contributed by atoms with Crippen molar-refractivity contribution in [3.63, 3.8) is 0 Å². The van der Waals surface area contributed by atoms with E-state index in [2.05, 4.69) is 17.1 Å². The van der Waals surface area contributed by atoms with E-state index in [9.17, 15) is 4.53 Å². The summed E-state index contributed by atoms with van der Waals surface area (Å²) in [5.41, 5.74) is 3.39. The van der Waals surface area contributed by atoms with Crippen LogP contribution in [0.15, 0.2) is 48.5 Å². The zero-order valence-electron chi connectivity index (χ0n) is 8.41. The zero-order chi connectivity index (χ0) is 10.7. The van der Waals surface area contributed by atoms with E-state index in [0.29, 0.717) is 0 Å². The van der Waals surface area contributed by atoms with Gasteiger partial charge in [-0.1, -0.05) is 42.0 Å². The second-order valence-electron chi connectivity index (χ2n) is 3.47. The van der Waals surface area contributed by atoms with Gasteiger partial charge in [0.25, 0.3) is 0 Å². The maximum absolute atomic E-state index is 11.8. The van der Waals surface area contributed by atoms with Crippen LogP contribution in [0, 0.1) is 6.92 Å². The smallest absolute Gasteiger partial charge is 0.171 e. The van der Waals surface area contributed by atoms with E-state index in [-0.39, 0.29) is 5.75 Å². The van der Waals surface area contributed by atoms with Crippen molar-refractivity contribution in [1.82, 2.24) is 0 Å². The molecular weight excluding hydrogens is 191 g/mol. The van der Waals surface area contributed by atoms with Crippen LogP contribution in [0.25, 0.3) is 11.1 Å². The molecule has 1 nitrogen and oxygen atoms in total. The van der Waals surface area contributed by atoms with Crippen LogP contribution in [-0.2, 0) is 0 Å². The van der Waals surface area contributed by atoms with Crippen LogP contribution in [0.5, 0.6) is 5.75 Å². The Morgan fingerprint density at radius 3 is 1.73 bits per heavy atom. The number of halogens is 1. The lowest BCUT2D eigenvalue weighted by molar-refractivity contribution is -0.00618. The third-order valence-electron chi connectivity index (χ3n) is 2.33. The summed E-state index contributed by atoms with van der Waals surface area (Å²) in [6.45, 7) is 2.05. The first-order chi connectivity index (χ1) is 7.29. The van der Waals surface area contributed by atoms with E-state index in [4.69, 9.17) is 0 Å². The van der Waals surface area contributed by atoms with Crippen LogP contribution < -0.4 is 4.94 Å². The number of benzene rings is 2. The Kier molecular flexibility index (Phi) is 2.68. The molecule has 2 rings (SSSR count). The molecule has 0 spiro atoms. The maximum Gasteiger partial charge on any atom is 0.171 e. The van der Waals surface area contributed by atoms with Gasteiger partial charge in [-0.3, -0.25) is 4.94 Å². The van der Waals surface area contributed by atoms with Gasteiger partial charge in [0.15, 0.2) is 5.75 Å². The first kappa shape index (κ1) is 9.71. The first-order valence-corrected chi connectivity index (χ1v) is 4.75. The van der Waals surface area contributed by atoms with Crippen molar-refractivity contribution in [3.05, 3.63) is 54.1 Å². The van der Waals surface area contributed by atoms with Gasteiger partial charge in [0.05, 0.1) is 0 Å². The molecular formula is C13H11FO. The van der Waals surface area contributed by atoms with Crippen LogP contribution in [-0.4, -0.2) is 0 Å². The van der Waals surface area contributed by atoms with Crippen molar-refractivity contribution < 1.29 is 9.47 Å². The van der Waals surface area contributed by atoms with Gasteiger partial charge < -0.3 is 0 Å². The average molecular weight is 202 g/mol. The van der Waals surface area contributed by atoms with E-state index in [1.807, 2.05) is 31.2 Å². The minimum Gasteiger partial charge on any atom is -0.294 e. The van der Waals surface area contributed by atoms with Crippen molar-refractivity contribution in [1.29, 1.82) is 0 Å². The summed E-state index contributed by atoms with van der Waals surface area (Å²) in [6.07, 6.45) is 0. The number of hydrogen-bond donors (Lipinski definition) is 0. The lowest BCUT2D eigenvalue weighted by atomic mass is 10.0. The fraction of sp³-hybridized carbons (Fsp3) is 0.0769. The van der Waals surface area contributed by atoms with E-state index in [1.54, 1.807) is 12.1 Å². The van der Waals surface area contributed by atoms with E-state index in [1.165, 1.54) is 5.56 Å². The molecule has 15 heavy (non-hydrogen) atoms. The van der Waals surface area contributed by atoms with Crippen LogP contribution in [0.4, 0.5) is 4.53 Å². The van der Waals surface area contributed by atoms with Gasteiger partial charge in [0.1, 0.15) is 0 Å². The topological polar surface area (TPSA) is 9.23 Å². The molecule has 0 aliphatic heterocycles. The van der Waals surface area contributed by atoms with Crippen LogP contribution in [0.2, 0.25) is 0 Å². The average Bonchev–Trinajstić information content (AvgIpc) is 2.30. The monoisotopic (exact) mass is 202 g/mol. The minimum absolute atomic E-state index is 0.228. The number of aryl methyl sites for hydroxylation is 1. The second-order valence-corrected chi connectivity index (χ2v) is 3.47. The molecule has 2 heteroatoms. The molecule has 76 valence electrons. The molecule has 0 saturated carbocycles. The lowest BCUT2D eigenvalue weighted by Crippen LogP contribution is -1.80. The molecule has 0 fully saturated rings. The van der Waals surface area contributed by atoms with Gasteiger partial charge >= 0.3 is 0 Å². The summed E-state index contributed by atoms with van der Waals surface area (Å²) in [5, 5.41) is 0. The third kappa shape index (κ3) is 2.15. The van der Waals surface area contributed by atoms with Gasteiger partial charge in [-0.2, -0.15) is 0 Å². The van der Waals surface area contributed by atoms with Gasteiger partial charge in [-0.15, -0.1) is 0 Å². The van der Waals surface area contributed by atoms with Crippen molar-refractivity contribution >= 4 is 0 Å². The van der Waals surface area contributed by atoms with Crippen LogP contribution in [0.3, 0.4) is 0 Å². The van der Waals surface area contributed by atoms with E-state index >= 15 is 0 Å². The largest absolute Gasteiger partial charge is 0.294 e. The lowest BCUT2D eigenvalue weighted by Gasteiger charge is -2.02. The van der Waals surface area contributed by atoms with Crippen molar-refractivity contribution in [2.75, 3.05) is 0 Å². The molecule has 0 radical (unpaired) electrons. The molecule has 0 aliphatic carbocycles. The van der Waals surface area contributed by atoms with Gasteiger partial charge in [0.2, 0.25) is 0 Å². The summed E-state index contributed by atoms with van der Waals surface area (Å²) < 4.78 is 11.8. The zero-order valence-corrected chi connectivity index (χ0v) is 8.41. The Hall–Kier alpha value is -1.83. The maximum atomic E-state index is 11.8. The molecule has 0 atom stereocenters. The second kappa shape index (κ2) is 4.13. The molecule has 0 saturated heterocycles. The highest BCUT2D eigenvalue weighted by molar-refractivity contribution is 5.64. The Balaban J connectivity index is 2.33. The Morgan fingerprint density at radius 1 is 0.800 bits per heavy atom. The Labute approximate surface area is 88.0 Å². The highest BCUT2D eigenvalue weighted by Crippen LogP contribution is 2.22. The SMILES string of the molecule is Cc1ccc(-c2ccc(OF)cc2)cc1. The minimum atomic E-state index is 0.228. The molecule has 0 aliphatic rings. The predicted octanol–water partition coefficient (Wildman–Crippen LogP) is 3.93. The summed E-state index contributed by atoms with van der Waals surface area (Å²) in [6, 6.07) is 15.1. The predicted molar refractivity (Wildman–Crippen MR) is 58.4 cm³/mol. The van der Waals surface area contributed by atoms with Crippen molar-refractivity contribution in [2.24, 2.45) is 0 Å². The fourth-order valence-corrected chi connectivity index (χ4v) is 1.44. The van der Waals surface area contributed by atoms with Gasteiger partial charge in [0, 0.05) is 4.53 Å². The highest BCUT2D eigenvalue weighted by atomic mass is 19.3. The first-order valence-electron chi connectivity index (χ1n) is 4.75. The summed E-state index contributed by atoms with van der Waals surface area (Å²) >= 11 is 0. The number of rotatable bonds is 2. The summed E-state index contributed by atoms with van der Waals surface area (Å²) in [5.74, 6) is 0.228. The Bertz CT molecular complexity index is 431.